The quantitative estimate of drug-likeness (QED) is 0.619. The van der Waals surface area contributed by atoms with E-state index in [4.69, 9.17) is 14.2 Å². The molecule has 0 aliphatic rings. The van der Waals surface area contributed by atoms with Crippen molar-refractivity contribution in [1.29, 1.82) is 0 Å². The zero-order valence-electron chi connectivity index (χ0n) is 15.8. The molecule has 2 amide bonds. The van der Waals surface area contributed by atoms with Gasteiger partial charge in [-0.1, -0.05) is 30.3 Å². The third-order valence-electron chi connectivity index (χ3n) is 3.97. The van der Waals surface area contributed by atoms with Gasteiger partial charge in [-0.05, 0) is 42.0 Å². The molecule has 2 N–H and O–H groups in total. The lowest BCUT2D eigenvalue weighted by molar-refractivity contribution is 0.251. The third-order valence-corrected chi connectivity index (χ3v) is 3.97. The molecule has 0 aliphatic carbocycles. The average Bonchev–Trinajstić information content (AvgIpc) is 2.73. The highest BCUT2D eigenvalue weighted by Gasteiger charge is 2.07. The second-order valence-electron chi connectivity index (χ2n) is 5.94. The molecule has 0 aromatic heterocycles. The van der Waals surface area contributed by atoms with Gasteiger partial charge in [-0.3, -0.25) is 0 Å². The fourth-order valence-electron chi connectivity index (χ4n) is 2.61. The molecule has 0 bridgehead atoms. The molecule has 0 fully saturated rings. The van der Waals surface area contributed by atoms with Crippen molar-refractivity contribution < 1.29 is 19.0 Å². The Balaban J connectivity index is 1.57. The van der Waals surface area contributed by atoms with E-state index in [1.807, 2.05) is 54.6 Å². The van der Waals surface area contributed by atoms with Crippen molar-refractivity contribution in [2.24, 2.45) is 0 Å². The Morgan fingerprint density at radius 2 is 1.57 bits per heavy atom. The van der Waals surface area contributed by atoms with Crippen LogP contribution in [0.3, 0.4) is 0 Å². The number of ether oxygens (including phenoxy) is 3. The monoisotopic (exact) mass is 378 g/mol. The molecule has 0 saturated heterocycles. The number of rotatable bonds is 7. The van der Waals surface area contributed by atoms with E-state index in [-0.39, 0.29) is 6.03 Å². The predicted molar refractivity (Wildman–Crippen MR) is 108 cm³/mol. The average molecular weight is 378 g/mol. The highest BCUT2D eigenvalue weighted by Crippen LogP contribution is 2.27. The first kappa shape index (κ1) is 19.1. The lowest BCUT2D eigenvalue weighted by atomic mass is 10.2. The molecule has 28 heavy (non-hydrogen) atoms. The van der Waals surface area contributed by atoms with Crippen LogP contribution in [0.5, 0.6) is 23.0 Å². The van der Waals surface area contributed by atoms with E-state index in [2.05, 4.69) is 10.6 Å². The minimum atomic E-state index is -0.313. The summed E-state index contributed by atoms with van der Waals surface area (Å²) in [5, 5.41) is 5.62. The number of anilines is 1. The van der Waals surface area contributed by atoms with Crippen molar-refractivity contribution in [1.82, 2.24) is 5.32 Å². The first-order chi connectivity index (χ1) is 13.7. The standard InChI is InChI=1S/C22H22N2O4/c1-26-20-12-11-16(13-21(20)27-2)15-23-22(25)24-17-7-6-10-19(14-17)28-18-8-4-3-5-9-18/h3-14H,15H2,1-2H3,(H2,23,24,25). The second-order valence-corrected chi connectivity index (χ2v) is 5.94. The molecule has 6 nitrogen and oxygen atoms in total. The van der Waals surface area contributed by atoms with E-state index in [1.165, 1.54) is 0 Å². The zero-order chi connectivity index (χ0) is 19.8. The summed E-state index contributed by atoms with van der Waals surface area (Å²) >= 11 is 0. The molecule has 0 unspecified atom stereocenters. The first-order valence-corrected chi connectivity index (χ1v) is 8.76. The minimum Gasteiger partial charge on any atom is -0.493 e. The summed E-state index contributed by atoms with van der Waals surface area (Å²) in [6.07, 6.45) is 0. The van der Waals surface area contributed by atoms with E-state index in [0.29, 0.717) is 29.5 Å². The van der Waals surface area contributed by atoms with Gasteiger partial charge in [0.05, 0.1) is 14.2 Å². The van der Waals surface area contributed by atoms with Crippen LogP contribution in [0.4, 0.5) is 10.5 Å². The van der Waals surface area contributed by atoms with Crippen molar-refractivity contribution in [2.75, 3.05) is 19.5 Å². The van der Waals surface area contributed by atoms with Crippen LogP contribution in [0, 0.1) is 0 Å². The number of para-hydroxylation sites is 1. The summed E-state index contributed by atoms with van der Waals surface area (Å²) in [7, 11) is 3.16. The van der Waals surface area contributed by atoms with E-state index in [0.717, 1.165) is 11.3 Å². The number of methoxy groups -OCH3 is 2. The van der Waals surface area contributed by atoms with Crippen LogP contribution in [0.15, 0.2) is 72.8 Å². The fraction of sp³-hybridized carbons (Fsp3) is 0.136. The predicted octanol–water partition coefficient (Wildman–Crippen LogP) is 4.82. The molecule has 0 atom stereocenters. The minimum absolute atomic E-state index is 0.313. The van der Waals surface area contributed by atoms with Gasteiger partial charge in [0.2, 0.25) is 0 Å². The third kappa shape index (κ3) is 5.17. The van der Waals surface area contributed by atoms with Gasteiger partial charge in [0.15, 0.2) is 11.5 Å². The number of hydrogen-bond acceptors (Lipinski definition) is 4. The molecule has 3 rings (SSSR count). The maximum Gasteiger partial charge on any atom is 0.319 e. The van der Waals surface area contributed by atoms with Gasteiger partial charge in [0, 0.05) is 18.3 Å². The Labute approximate surface area is 164 Å². The van der Waals surface area contributed by atoms with E-state index in [1.54, 1.807) is 32.4 Å². The number of nitrogens with one attached hydrogen (secondary N) is 2. The number of hydrogen-bond donors (Lipinski definition) is 2. The van der Waals surface area contributed by atoms with Crippen LogP contribution in [0.25, 0.3) is 0 Å². The van der Waals surface area contributed by atoms with Crippen LogP contribution >= 0.6 is 0 Å². The van der Waals surface area contributed by atoms with Gasteiger partial charge in [-0.15, -0.1) is 0 Å². The van der Waals surface area contributed by atoms with Gasteiger partial charge < -0.3 is 24.8 Å². The number of benzene rings is 3. The SMILES string of the molecule is COc1ccc(CNC(=O)Nc2cccc(Oc3ccccc3)c2)cc1OC. The summed E-state index contributed by atoms with van der Waals surface area (Å²) in [5.74, 6) is 2.64. The van der Waals surface area contributed by atoms with Crippen molar-refractivity contribution in [3.05, 3.63) is 78.4 Å². The Kier molecular flexibility index (Phi) is 6.36. The van der Waals surface area contributed by atoms with Crippen molar-refractivity contribution in [2.45, 2.75) is 6.54 Å². The molecular weight excluding hydrogens is 356 g/mol. The summed E-state index contributed by atoms with van der Waals surface area (Å²) in [4.78, 5) is 12.2. The van der Waals surface area contributed by atoms with E-state index < -0.39 is 0 Å². The Morgan fingerprint density at radius 3 is 2.32 bits per heavy atom. The van der Waals surface area contributed by atoms with Crippen LogP contribution in [0.2, 0.25) is 0 Å². The molecule has 0 saturated carbocycles. The van der Waals surface area contributed by atoms with Crippen molar-refractivity contribution in [3.63, 3.8) is 0 Å². The highest BCUT2D eigenvalue weighted by atomic mass is 16.5. The summed E-state index contributed by atoms with van der Waals surface area (Å²) in [5.41, 5.74) is 1.53. The number of carbonyl (C=O) groups is 1. The summed E-state index contributed by atoms with van der Waals surface area (Å²) in [6, 6.07) is 21.9. The lowest BCUT2D eigenvalue weighted by Gasteiger charge is -2.12. The second kappa shape index (κ2) is 9.32. The number of amides is 2. The zero-order valence-corrected chi connectivity index (χ0v) is 15.8. The molecule has 0 spiro atoms. The summed E-state index contributed by atoms with van der Waals surface area (Å²) in [6.45, 7) is 0.354. The van der Waals surface area contributed by atoms with E-state index in [9.17, 15) is 4.79 Å². The van der Waals surface area contributed by atoms with Gasteiger partial charge >= 0.3 is 6.03 Å². The van der Waals surface area contributed by atoms with Crippen LogP contribution in [-0.4, -0.2) is 20.3 Å². The molecule has 144 valence electrons. The molecular formula is C22H22N2O4. The van der Waals surface area contributed by atoms with E-state index >= 15 is 0 Å². The van der Waals surface area contributed by atoms with Crippen molar-refractivity contribution in [3.8, 4) is 23.0 Å². The van der Waals surface area contributed by atoms with Gasteiger partial charge in [0.25, 0.3) is 0 Å². The number of carbonyl (C=O) groups excluding carboxylic acids is 1. The molecule has 0 heterocycles. The largest absolute Gasteiger partial charge is 0.493 e. The maximum atomic E-state index is 12.2. The maximum absolute atomic E-state index is 12.2. The van der Waals surface area contributed by atoms with Crippen molar-refractivity contribution >= 4 is 11.7 Å². The topological polar surface area (TPSA) is 68.8 Å². The smallest absolute Gasteiger partial charge is 0.319 e. The Morgan fingerprint density at radius 1 is 0.821 bits per heavy atom. The Hall–Kier alpha value is -3.67. The Bertz CT molecular complexity index is 929. The molecule has 0 radical (unpaired) electrons. The van der Waals surface area contributed by atoms with Gasteiger partial charge in [-0.25, -0.2) is 4.79 Å². The molecule has 3 aromatic rings. The number of urea groups is 1. The van der Waals surface area contributed by atoms with Gasteiger partial charge in [0.1, 0.15) is 11.5 Å². The fourth-order valence-corrected chi connectivity index (χ4v) is 2.61. The lowest BCUT2D eigenvalue weighted by Crippen LogP contribution is -2.28. The van der Waals surface area contributed by atoms with Crippen LogP contribution in [0.1, 0.15) is 5.56 Å². The normalized spacial score (nSPS) is 10.1. The van der Waals surface area contributed by atoms with Crippen LogP contribution in [-0.2, 0) is 6.54 Å². The molecule has 3 aromatic carbocycles. The van der Waals surface area contributed by atoms with Crippen LogP contribution < -0.4 is 24.8 Å². The molecule has 0 aliphatic heterocycles. The first-order valence-electron chi connectivity index (χ1n) is 8.76. The van der Waals surface area contributed by atoms with Gasteiger partial charge in [-0.2, -0.15) is 0 Å². The summed E-state index contributed by atoms with van der Waals surface area (Å²) < 4.78 is 16.3. The highest BCUT2D eigenvalue weighted by molar-refractivity contribution is 5.89. The molecule has 6 heteroatoms.